The fraction of sp³-hybridized carbons (Fsp3) is 0.179. The molecule has 0 aliphatic carbocycles. The molecule has 0 amide bonds. The van der Waals surface area contributed by atoms with Gasteiger partial charge in [0.25, 0.3) is 5.69 Å². The minimum atomic E-state index is -4.06. The van der Waals surface area contributed by atoms with Crippen LogP contribution in [0.1, 0.15) is 36.5 Å². The van der Waals surface area contributed by atoms with Gasteiger partial charge >= 0.3 is 0 Å². The van der Waals surface area contributed by atoms with Crippen molar-refractivity contribution in [3.8, 4) is 0 Å². The number of nitro benzene ring substituents is 1. The number of allylic oxidation sites excluding steroid dienone is 1. The highest BCUT2D eigenvalue weighted by Crippen LogP contribution is 2.49. The summed E-state index contributed by atoms with van der Waals surface area (Å²) in [5.41, 5.74) is 2.46. The second kappa shape index (κ2) is 9.91. The number of carbonyl (C=O) groups is 1. The molecule has 2 atom stereocenters. The van der Waals surface area contributed by atoms with Gasteiger partial charge in [0.05, 0.1) is 15.7 Å². The van der Waals surface area contributed by atoms with E-state index in [1.54, 1.807) is 67.6 Å². The summed E-state index contributed by atoms with van der Waals surface area (Å²) in [6, 6.07) is 21.2. The van der Waals surface area contributed by atoms with Crippen molar-refractivity contribution in [3.63, 3.8) is 0 Å². The van der Waals surface area contributed by atoms with E-state index in [2.05, 4.69) is 0 Å². The van der Waals surface area contributed by atoms with Crippen LogP contribution in [0.3, 0.4) is 0 Å². The van der Waals surface area contributed by atoms with Crippen molar-refractivity contribution in [1.29, 1.82) is 0 Å². The van der Waals surface area contributed by atoms with Gasteiger partial charge in [0.1, 0.15) is 16.8 Å². The Kier molecular flexibility index (Phi) is 6.90. The Balaban J connectivity index is 2.00. The van der Waals surface area contributed by atoms with Crippen LogP contribution in [-0.4, -0.2) is 25.2 Å². The molecule has 3 aromatic carbocycles. The average molecular weight is 504 g/mol. The summed E-state index contributed by atoms with van der Waals surface area (Å²) in [6.07, 6.45) is 0.619. The van der Waals surface area contributed by atoms with Crippen molar-refractivity contribution >= 4 is 27.1 Å². The summed E-state index contributed by atoms with van der Waals surface area (Å²) in [5, 5.41) is 11.2. The topological polar surface area (TPSA) is 104 Å². The number of ketones is 1. The quantitative estimate of drug-likeness (QED) is 0.231. The molecule has 1 aliphatic rings. The number of non-ortho nitro benzene ring substituents is 1. The van der Waals surface area contributed by atoms with Crippen LogP contribution in [0.15, 0.2) is 100 Å². The maximum absolute atomic E-state index is 14.1. The molecule has 36 heavy (non-hydrogen) atoms. The molecule has 8 heteroatoms. The Labute approximate surface area is 209 Å². The largest absolute Gasteiger partial charge is 0.483 e. The van der Waals surface area contributed by atoms with Gasteiger partial charge in [0.2, 0.25) is 9.84 Å². The number of nitrogens with zero attached hydrogens (tertiary/aromatic N) is 1. The molecule has 0 radical (unpaired) electrons. The predicted molar refractivity (Wildman–Crippen MR) is 137 cm³/mol. The zero-order valence-electron chi connectivity index (χ0n) is 20.0. The van der Waals surface area contributed by atoms with Crippen LogP contribution in [0.4, 0.5) is 5.69 Å². The van der Waals surface area contributed by atoms with Crippen LogP contribution >= 0.6 is 0 Å². The van der Waals surface area contributed by atoms with Gasteiger partial charge in [-0.05, 0) is 50.1 Å². The predicted octanol–water partition coefficient (Wildman–Crippen LogP) is 5.76. The Morgan fingerprint density at radius 3 is 2.11 bits per heavy atom. The number of benzene rings is 3. The van der Waals surface area contributed by atoms with Crippen LogP contribution in [0, 0.1) is 17.0 Å². The van der Waals surface area contributed by atoms with E-state index in [9.17, 15) is 23.3 Å². The third-order valence-electron chi connectivity index (χ3n) is 6.05. The van der Waals surface area contributed by atoms with Crippen molar-refractivity contribution < 1.29 is 22.9 Å². The Hall–Kier alpha value is -4.04. The van der Waals surface area contributed by atoms with Crippen molar-refractivity contribution in [2.75, 3.05) is 0 Å². The molecule has 0 aromatic heterocycles. The monoisotopic (exact) mass is 503 g/mol. The van der Waals surface area contributed by atoms with Gasteiger partial charge in [-0.3, -0.25) is 14.9 Å². The highest BCUT2D eigenvalue weighted by Gasteiger charge is 2.46. The minimum Gasteiger partial charge on any atom is -0.483 e. The summed E-state index contributed by atoms with van der Waals surface area (Å²) in [5.74, 6) is -0.835. The first-order valence-corrected chi connectivity index (χ1v) is 12.8. The number of hydrogen-bond donors (Lipinski definition) is 0. The van der Waals surface area contributed by atoms with E-state index in [1.807, 2.05) is 13.0 Å². The number of rotatable bonds is 7. The highest BCUT2D eigenvalue weighted by molar-refractivity contribution is 7.95. The van der Waals surface area contributed by atoms with Crippen LogP contribution in [0.25, 0.3) is 5.76 Å². The van der Waals surface area contributed by atoms with E-state index in [-0.39, 0.29) is 27.0 Å². The van der Waals surface area contributed by atoms with E-state index in [0.29, 0.717) is 16.7 Å². The zero-order chi connectivity index (χ0) is 26.0. The maximum Gasteiger partial charge on any atom is 0.269 e. The lowest BCUT2D eigenvalue weighted by Crippen LogP contribution is -2.22. The number of hydrogen-bond acceptors (Lipinski definition) is 6. The molecule has 0 saturated heterocycles. The first kappa shape index (κ1) is 25.1. The third kappa shape index (κ3) is 4.85. The van der Waals surface area contributed by atoms with E-state index in [4.69, 9.17) is 4.74 Å². The molecule has 0 saturated carbocycles. The number of nitro groups is 1. The number of carbonyl (C=O) groups excluding carboxylic acids is 1. The minimum absolute atomic E-state index is 0.0488. The standard InChI is InChI=1S/C28H25NO6S/c1-18-9-15-24(16-10-18)36(33,34)28-25(21-11-13-23(14-12-21)29(31)32)26(19(2)17-20(3)30)35-27(28)22-7-5-4-6-8-22/h4-17,25-26H,1-3H3/b19-17+/t25-,26-/m1/s1. The molecule has 0 N–H and O–H groups in total. The van der Waals surface area contributed by atoms with Crippen molar-refractivity contribution in [2.45, 2.75) is 37.7 Å². The number of sulfone groups is 1. The van der Waals surface area contributed by atoms with Gasteiger partial charge in [0, 0.05) is 17.7 Å². The Morgan fingerprint density at radius 1 is 0.944 bits per heavy atom. The molecule has 0 spiro atoms. The maximum atomic E-state index is 14.1. The number of aryl methyl sites for hydroxylation is 1. The van der Waals surface area contributed by atoms with E-state index in [0.717, 1.165) is 5.56 Å². The molecule has 1 heterocycles. The first-order valence-electron chi connectivity index (χ1n) is 11.3. The lowest BCUT2D eigenvalue weighted by Gasteiger charge is -2.22. The van der Waals surface area contributed by atoms with Gasteiger partial charge in [-0.2, -0.15) is 0 Å². The SMILES string of the molecule is CC(=O)/C=C(\C)[C@H]1OC(c2ccccc2)=C(S(=O)(=O)c2ccc(C)cc2)[C@@H]1c1ccc([N+](=O)[O-])cc1. The third-order valence-corrected chi connectivity index (χ3v) is 7.96. The second-order valence-electron chi connectivity index (χ2n) is 8.74. The molecule has 3 aromatic rings. The highest BCUT2D eigenvalue weighted by atomic mass is 32.2. The van der Waals surface area contributed by atoms with Crippen LogP contribution in [0.5, 0.6) is 0 Å². The smallest absolute Gasteiger partial charge is 0.269 e. The van der Waals surface area contributed by atoms with E-state index < -0.39 is 26.8 Å². The molecular weight excluding hydrogens is 478 g/mol. The van der Waals surface area contributed by atoms with E-state index >= 15 is 0 Å². The normalized spacial score (nSPS) is 18.1. The fourth-order valence-electron chi connectivity index (χ4n) is 4.35. The second-order valence-corrected chi connectivity index (χ2v) is 10.7. The summed E-state index contributed by atoms with van der Waals surface area (Å²) in [6.45, 7) is 5.00. The van der Waals surface area contributed by atoms with Crippen LogP contribution in [0.2, 0.25) is 0 Å². The van der Waals surface area contributed by atoms with Gasteiger partial charge in [0.15, 0.2) is 5.78 Å². The Bertz CT molecular complexity index is 1470. The van der Waals surface area contributed by atoms with Gasteiger partial charge in [-0.15, -0.1) is 0 Å². The Morgan fingerprint density at radius 2 is 1.56 bits per heavy atom. The van der Waals surface area contributed by atoms with Crippen LogP contribution in [-0.2, 0) is 19.4 Å². The lowest BCUT2D eigenvalue weighted by molar-refractivity contribution is -0.384. The van der Waals surface area contributed by atoms with Crippen molar-refractivity contribution in [3.05, 3.63) is 122 Å². The lowest BCUT2D eigenvalue weighted by atomic mass is 9.89. The van der Waals surface area contributed by atoms with Crippen molar-refractivity contribution in [2.24, 2.45) is 0 Å². The molecule has 0 unspecified atom stereocenters. The zero-order valence-corrected chi connectivity index (χ0v) is 20.9. The molecule has 0 fully saturated rings. The van der Waals surface area contributed by atoms with Gasteiger partial charge < -0.3 is 4.74 Å². The summed E-state index contributed by atoms with van der Waals surface area (Å²) in [4.78, 5) is 22.8. The summed E-state index contributed by atoms with van der Waals surface area (Å²) < 4.78 is 34.6. The van der Waals surface area contributed by atoms with Crippen molar-refractivity contribution in [1.82, 2.24) is 0 Å². The first-order chi connectivity index (χ1) is 17.1. The summed E-state index contributed by atoms with van der Waals surface area (Å²) >= 11 is 0. The molecule has 7 nitrogen and oxygen atoms in total. The molecule has 4 rings (SSSR count). The van der Waals surface area contributed by atoms with Gasteiger partial charge in [-0.1, -0.05) is 60.2 Å². The average Bonchev–Trinajstić information content (AvgIpc) is 3.26. The van der Waals surface area contributed by atoms with E-state index in [1.165, 1.54) is 25.1 Å². The molecule has 0 bridgehead atoms. The van der Waals surface area contributed by atoms with Crippen LogP contribution < -0.4 is 0 Å². The molecule has 1 aliphatic heterocycles. The fourth-order valence-corrected chi connectivity index (χ4v) is 6.11. The number of ether oxygens (including phenoxy) is 1. The van der Waals surface area contributed by atoms with Gasteiger partial charge in [-0.25, -0.2) is 8.42 Å². The summed E-state index contributed by atoms with van der Waals surface area (Å²) in [7, 11) is -4.06. The molecule has 184 valence electrons. The molecular formula is C28H25NO6S.